The minimum absolute atomic E-state index is 0.120. The molecular formula is C7H5FN2O. The molecule has 0 saturated heterocycles. The van der Waals surface area contributed by atoms with Crippen LogP contribution in [0.5, 0.6) is 0 Å². The van der Waals surface area contributed by atoms with Gasteiger partial charge in [-0.05, 0) is 12.1 Å². The third kappa shape index (κ3) is 2.25. The van der Waals surface area contributed by atoms with Gasteiger partial charge in [0.2, 0.25) is 0 Å². The van der Waals surface area contributed by atoms with E-state index in [4.69, 9.17) is 0 Å². The average Bonchev–Trinajstić information content (AvgIpc) is 2.06. The van der Waals surface area contributed by atoms with Gasteiger partial charge in [-0.2, -0.15) is 10.2 Å². The summed E-state index contributed by atoms with van der Waals surface area (Å²) in [5, 5.41) is 7.04. The van der Waals surface area contributed by atoms with Gasteiger partial charge in [-0.25, -0.2) is 4.39 Å². The molecule has 0 atom stereocenters. The van der Waals surface area contributed by atoms with Gasteiger partial charge in [-0.1, -0.05) is 0 Å². The molecule has 1 aromatic heterocycles. The lowest BCUT2D eigenvalue weighted by Crippen LogP contribution is -1.84. The predicted molar refractivity (Wildman–Crippen MR) is 37.2 cm³/mol. The number of carbonyl (C=O) groups is 1. The predicted octanol–water partition coefficient (Wildman–Crippen LogP) is 0.986. The first kappa shape index (κ1) is 7.53. The van der Waals surface area contributed by atoms with Gasteiger partial charge >= 0.3 is 0 Å². The van der Waals surface area contributed by atoms with Gasteiger partial charge in [-0.15, -0.1) is 0 Å². The zero-order chi connectivity index (χ0) is 8.10. The Balaban J connectivity index is 2.87. The maximum absolute atomic E-state index is 12.2. The molecule has 1 rings (SSSR count). The fourth-order valence-electron chi connectivity index (χ4n) is 0.566. The van der Waals surface area contributed by atoms with Crippen LogP contribution in [0.15, 0.2) is 24.2 Å². The van der Waals surface area contributed by atoms with E-state index in [0.29, 0.717) is 5.69 Å². The summed E-state index contributed by atoms with van der Waals surface area (Å²) in [6.45, 7) is 0. The molecule has 11 heavy (non-hydrogen) atoms. The zero-order valence-electron chi connectivity index (χ0n) is 5.57. The molecule has 0 aromatic carbocycles. The van der Waals surface area contributed by atoms with Crippen molar-refractivity contribution in [3.8, 4) is 0 Å². The van der Waals surface area contributed by atoms with E-state index in [1.54, 1.807) is 12.1 Å². The second-order valence-electron chi connectivity index (χ2n) is 1.80. The molecule has 0 unspecified atom stereocenters. The number of aromatic nitrogens is 2. The van der Waals surface area contributed by atoms with Crippen LogP contribution in [0.4, 0.5) is 4.39 Å². The van der Waals surface area contributed by atoms with Crippen LogP contribution in [0.2, 0.25) is 0 Å². The Morgan fingerprint density at radius 2 is 2.45 bits per heavy atom. The summed E-state index contributed by atoms with van der Waals surface area (Å²) in [7, 11) is 0. The maximum Gasteiger partial charge on any atom is 0.178 e. The van der Waals surface area contributed by atoms with Gasteiger partial charge in [0, 0.05) is 12.3 Å². The van der Waals surface area contributed by atoms with E-state index < -0.39 is 5.83 Å². The van der Waals surface area contributed by atoms with Gasteiger partial charge in [0.05, 0.1) is 5.69 Å². The van der Waals surface area contributed by atoms with Crippen molar-refractivity contribution in [1.82, 2.24) is 10.2 Å². The van der Waals surface area contributed by atoms with Crippen molar-refractivity contribution in [3.05, 3.63) is 29.9 Å². The topological polar surface area (TPSA) is 42.9 Å². The fourth-order valence-corrected chi connectivity index (χ4v) is 0.566. The standard InChI is InChI=1S/C7H5FN2O/c8-6(5-11)4-7-2-1-3-9-10-7/h1-5H. The van der Waals surface area contributed by atoms with Crippen LogP contribution in [0.3, 0.4) is 0 Å². The number of rotatable bonds is 2. The third-order valence-corrected chi connectivity index (χ3v) is 0.991. The Bertz CT molecular complexity index is 271. The van der Waals surface area contributed by atoms with E-state index >= 15 is 0 Å². The minimum atomic E-state index is -0.856. The summed E-state index contributed by atoms with van der Waals surface area (Å²) in [5.74, 6) is -0.856. The van der Waals surface area contributed by atoms with Crippen molar-refractivity contribution in [2.24, 2.45) is 0 Å². The Morgan fingerprint density at radius 3 is 3.00 bits per heavy atom. The summed E-state index contributed by atoms with van der Waals surface area (Å²) in [6.07, 6.45) is 2.60. The molecule has 56 valence electrons. The van der Waals surface area contributed by atoms with Crippen molar-refractivity contribution < 1.29 is 9.18 Å². The molecule has 1 heterocycles. The Labute approximate surface area is 62.6 Å². The fraction of sp³-hybridized carbons (Fsp3) is 0. The quantitative estimate of drug-likeness (QED) is 0.468. The smallest absolute Gasteiger partial charge is 0.178 e. The Hall–Kier alpha value is -1.58. The summed E-state index contributed by atoms with van der Waals surface area (Å²) < 4.78 is 12.2. The van der Waals surface area contributed by atoms with Crippen molar-refractivity contribution in [2.45, 2.75) is 0 Å². The van der Waals surface area contributed by atoms with E-state index in [2.05, 4.69) is 10.2 Å². The third-order valence-electron chi connectivity index (χ3n) is 0.991. The molecule has 0 aliphatic heterocycles. The van der Waals surface area contributed by atoms with Gasteiger partial charge in [0.1, 0.15) is 0 Å². The van der Waals surface area contributed by atoms with Gasteiger partial charge in [0.25, 0.3) is 0 Å². The number of aldehydes is 1. The molecular weight excluding hydrogens is 147 g/mol. The Kier molecular flexibility index (Phi) is 2.43. The normalized spacial score (nSPS) is 11.2. The molecule has 0 aliphatic rings. The number of nitrogens with zero attached hydrogens (tertiary/aromatic N) is 2. The lowest BCUT2D eigenvalue weighted by Gasteiger charge is -1.86. The monoisotopic (exact) mass is 152 g/mol. The molecule has 1 aromatic rings. The van der Waals surface area contributed by atoms with Crippen molar-refractivity contribution >= 4 is 12.4 Å². The van der Waals surface area contributed by atoms with Crippen LogP contribution in [0.25, 0.3) is 6.08 Å². The van der Waals surface area contributed by atoms with Crippen LogP contribution in [0, 0.1) is 0 Å². The second-order valence-corrected chi connectivity index (χ2v) is 1.80. The molecule has 3 nitrogen and oxygen atoms in total. The van der Waals surface area contributed by atoms with Gasteiger partial charge in [-0.3, -0.25) is 4.79 Å². The highest BCUT2D eigenvalue weighted by Gasteiger charge is 1.92. The number of carbonyl (C=O) groups excluding carboxylic acids is 1. The molecule has 0 aliphatic carbocycles. The minimum Gasteiger partial charge on any atom is -0.295 e. The highest BCUT2D eigenvalue weighted by molar-refractivity contribution is 5.77. The summed E-state index contributed by atoms with van der Waals surface area (Å²) in [5.41, 5.74) is 0.331. The van der Waals surface area contributed by atoms with Crippen molar-refractivity contribution in [3.63, 3.8) is 0 Å². The van der Waals surface area contributed by atoms with Crippen LogP contribution in [-0.2, 0) is 4.79 Å². The largest absolute Gasteiger partial charge is 0.295 e. The average molecular weight is 152 g/mol. The highest BCUT2D eigenvalue weighted by Crippen LogP contribution is 2.00. The van der Waals surface area contributed by atoms with Crippen LogP contribution in [-0.4, -0.2) is 16.5 Å². The van der Waals surface area contributed by atoms with Crippen LogP contribution >= 0.6 is 0 Å². The number of hydrogen-bond acceptors (Lipinski definition) is 3. The van der Waals surface area contributed by atoms with Gasteiger partial charge in [0.15, 0.2) is 12.1 Å². The molecule has 0 N–H and O–H groups in total. The molecule has 0 amide bonds. The molecule has 0 radical (unpaired) electrons. The number of halogens is 1. The van der Waals surface area contributed by atoms with Gasteiger partial charge < -0.3 is 0 Å². The van der Waals surface area contributed by atoms with Crippen LogP contribution in [0.1, 0.15) is 5.69 Å². The lowest BCUT2D eigenvalue weighted by molar-refractivity contribution is -0.106. The first-order chi connectivity index (χ1) is 5.33. The van der Waals surface area contributed by atoms with E-state index in [1.807, 2.05) is 0 Å². The van der Waals surface area contributed by atoms with Crippen molar-refractivity contribution in [2.75, 3.05) is 0 Å². The second kappa shape index (κ2) is 3.55. The van der Waals surface area contributed by atoms with Crippen molar-refractivity contribution in [1.29, 1.82) is 0 Å². The summed E-state index contributed by atoms with van der Waals surface area (Å²) in [6, 6.07) is 3.16. The first-order valence-electron chi connectivity index (χ1n) is 2.93. The van der Waals surface area contributed by atoms with E-state index in [1.165, 1.54) is 6.20 Å². The lowest BCUT2D eigenvalue weighted by atomic mass is 10.3. The molecule has 0 fully saturated rings. The molecule has 4 heteroatoms. The van der Waals surface area contributed by atoms with Crippen LogP contribution < -0.4 is 0 Å². The van der Waals surface area contributed by atoms with E-state index in [0.717, 1.165) is 6.08 Å². The molecule has 0 bridgehead atoms. The van der Waals surface area contributed by atoms with E-state index in [-0.39, 0.29) is 6.29 Å². The Morgan fingerprint density at radius 1 is 1.64 bits per heavy atom. The summed E-state index contributed by atoms with van der Waals surface area (Å²) >= 11 is 0. The zero-order valence-corrected chi connectivity index (χ0v) is 5.57. The van der Waals surface area contributed by atoms with E-state index in [9.17, 15) is 9.18 Å². The molecule has 0 saturated carbocycles. The first-order valence-corrected chi connectivity index (χ1v) is 2.93. The highest BCUT2D eigenvalue weighted by atomic mass is 19.1. The summed E-state index contributed by atoms with van der Waals surface area (Å²) in [4.78, 5) is 9.82. The SMILES string of the molecule is O=CC(F)=Cc1cccnn1. The maximum atomic E-state index is 12.2. The number of hydrogen-bond donors (Lipinski definition) is 0. The number of allylic oxidation sites excluding steroid dienone is 1. The molecule has 0 spiro atoms.